The molecule has 0 aliphatic rings. The Kier molecular flexibility index (Phi) is 10.9. The first-order chi connectivity index (χ1) is 4.72. The van der Waals surface area contributed by atoms with Gasteiger partial charge >= 0.3 is 35.5 Å². The maximum Gasteiger partial charge on any atom is 1.00 e. The molecule has 0 rings (SSSR count). The van der Waals surface area contributed by atoms with Gasteiger partial charge in [-0.2, -0.15) is 6.42 Å². The molecule has 0 aliphatic carbocycles. The van der Waals surface area contributed by atoms with Crippen molar-refractivity contribution >= 4 is 5.97 Å². The van der Waals surface area contributed by atoms with Crippen LogP contribution in [0.3, 0.4) is 0 Å². The van der Waals surface area contributed by atoms with Crippen molar-refractivity contribution in [1.29, 1.82) is 0 Å². The quantitative estimate of drug-likeness (QED) is 0.425. The van der Waals surface area contributed by atoms with E-state index in [0.717, 1.165) is 19.3 Å². The number of carbonyl (C=O) groups is 1. The van der Waals surface area contributed by atoms with Crippen molar-refractivity contribution in [1.82, 2.24) is 0 Å². The molecule has 0 saturated carbocycles. The van der Waals surface area contributed by atoms with Crippen LogP contribution in [0, 0.1) is 12.8 Å². The van der Waals surface area contributed by atoms with Gasteiger partial charge in [0.05, 0.1) is 0 Å². The summed E-state index contributed by atoms with van der Waals surface area (Å²) in [4.78, 5) is 10.4. The first-order valence-electron chi connectivity index (χ1n) is 3.74. The summed E-state index contributed by atoms with van der Waals surface area (Å²) >= 11 is 0. The van der Waals surface area contributed by atoms with Crippen LogP contribution in [0.5, 0.6) is 0 Å². The Bertz CT molecular complexity index is 104. The van der Waals surface area contributed by atoms with E-state index in [0.29, 0.717) is 6.42 Å². The number of carboxylic acids is 1. The average Bonchev–Trinajstić information content (AvgIpc) is 1.89. The molecule has 0 radical (unpaired) electrons. The minimum absolute atomic E-state index is 0. The van der Waals surface area contributed by atoms with E-state index in [2.05, 4.69) is 13.8 Å². The molecular formula is C8H15NaO2. The van der Waals surface area contributed by atoms with Crippen molar-refractivity contribution in [3.63, 3.8) is 0 Å². The molecule has 0 bridgehead atoms. The molecule has 0 fully saturated rings. The fourth-order valence-corrected chi connectivity index (χ4v) is 0.842. The summed E-state index contributed by atoms with van der Waals surface area (Å²) in [7, 11) is 0. The Balaban J connectivity index is 0. The molecule has 0 heterocycles. The summed E-state index contributed by atoms with van der Waals surface area (Å²) in [6.07, 6.45) is 3.33. The number of rotatable bonds is 5. The Morgan fingerprint density at radius 3 is 2.45 bits per heavy atom. The van der Waals surface area contributed by atoms with E-state index in [-0.39, 0.29) is 35.5 Å². The topological polar surface area (TPSA) is 37.3 Å². The van der Waals surface area contributed by atoms with Gasteiger partial charge in [0, 0.05) is 5.92 Å². The van der Waals surface area contributed by atoms with Crippen molar-refractivity contribution < 1.29 is 39.5 Å². The summed E-state index contributed by atoms with van der Waals surface area (Å²) in [5, 5.41) is 8.56. The third-order valence-electron chi connectivity index (χ3n) is 1.60. The van der Waals surface area contributed by atoms with Gasteiger partial charge in [-0.3, -0.25) is 4.79 Å². The fraction of sp³-hybridized carbons (Fsp3) is 0.750. The van der Waals surface area contributed by atoms with E-state index >= 15 is 0 Å². The SMILES string of the molecule is [CH2-]CC(CCCC)C(=O)O.[Na+]. The Morgan fingerprint density at radius 1 is 1.64 bits per heavy atom. The van der Waals surface area contributed by atoms with E-state index in [1.54, 1.807) is 0 Å². The van der Waals surface area contributed by atoms with Gasteiger partial charge < -0.3 is 12.0 Å². The summed E-state index contributed by atoms with van der Waals surface area (Å²) in [6.45, 7) is 5.64. The molecule has 0 aromatic rings. The first-order valence-corrected chi connectivity index (χ1v) is 3.74. The van der Waals surface area contributed by atoms with Gasteiger partial charge in [-0.05, 0) is 6.42 Å². The van der Waals surface area contributed by atoms with Crippen LogP contribution in [0.1, 0.15) is 32.6 Å². The fourth-order valence-electron chi connectivity index (χ4n) is 0.842. The molecule has 0 spiro atoms. The van der Waals surface area contributed by atoms with Crippen molar-refractivity contribution in [3.05, 3.63) is 6.92 Å². The third-order valence-corrected chi connectivity index (χ3v) is 1.60. The van der Waals surface area contributed by atoms with Gasteiger partial charge in [-0.15, -0.1) is 0 Å². The van der Waals surface area contributed by atoms with Crippen LogP contribution in [0.15, 0.2) is 0 Å². The largest absolute Gasteiger partial charge is 1.00 e. The molecular weight excluding hydrogens is 151 g/mol. The molecule has 0 aromatic heterocycles. The molecule has 11 heavy (non-hydrogen) atoms. The van der Waals surface area contributed by atoms with E-state index < -0.39 is 5.97 Å². The second-order valence-corrected chi connectivity index (χ2v) is 2.47. The minimum atomic E-state index is -0.705. The second-order valence-electron chi connectivity index (χ2n) is 2.47. The molecule has 0 aliphatic heterocycles. The normalized spacial score (nSPS) is 11.8. The number of hydrogen-bond acceptors (Lipinski definition) is 1. The molecule has 1 N–H and O–H groups in total. The molecule has 0 aromatic carbocycles. The Labute approximate surface area is 90.7 Å². The zero-order chi connectivity index (χ0) is 7.98. The maximum atomic E-state index is 10.4. The number of aliphatic carboxylic acids is 1. The number of unbranched alkanes of at least 4 members (excludes halogenated alkanes) is 1. The van der Waals surface area contributed by atoms with Gasteiger partial charge in [0.2, 0.25) is 0 Å². The number of carboxylic acid groups (broad SMARTS) is 1. The molecule has 1 unspecified atom stereocenters. The first kappa shape index (κ1) is 14.0. The van der Waals surface area contributed by atoms with Crippen molar-refractivity contribution in [2.45, 2.75) is 32.6 Å². The van der Waals surface area contributed by atoms with Gasteiger partial charge in [-0.1, -0.05) is 19.8 Å². The zero-order valence-electron chi connectivity index (χ0n) is 7.47. The predicted octanol–water partition coefficient (Wildman–Crippen LogP) is -0.894. The van der Waals surface area contributed by atoms with E-state index in [4.69, 9.17) is 5.11 Å². The third kappa shape index (κ3) is 6.85. The molecule has 1 atom stereocenters. The van der Waals surface area contributed by atoms with Gasteiger partial charge in [0.15, 0.2) is 0 Å². The van der Waals surface area contributed by atoms with Gasteiger partial charge in [-0.25, -0.2) is 0 Å². The second kappa shape index (κ2) is 8.57. The van der Waals surface area contributed by atoms with Crippen LogP contribution in [-0.2, 0) is 4.79 Å². The summed E-state index contributed by atoms with van der Waals surface area (Å²) in [5.74, 6) is -0.927. The molecule has 60 valence electrons. The molecule has 0 saturated heterocycles. The van der Waals surface area contributed by atoms with Crippen LogP contribution < -0.4 is 29.6 Å². The van der Waals surface area contributed by atoms with E-state index in [1.165, 1.54) is 0 Å². The van der Waals surface area contributed by atoms with E-state index in [1.807, 2.05) is 0 Å². The summed E-state index contributed by atoms with van der Waals surface area (Å²) in [6, 6.07) is 0. The van der Waals surface area contributed by atoms with Crippen LogP contribution in [0.4, 0.5) is 0 Å². The summed E-state index contributed by atoms with van der Waals surface area (Å²) in [5.41, 5.74) is 0. The number of hydrogen-bond donors (Lipinski definition) is 1. The van der Waals surface area contributed by atoms with Gasteiger partial charge in [0.25, 0.3) is 0 Å². The zero-order valence-corrected chi connectivity index (χ0v) is 9.47. The van der Waals surface area contributed by atoms with Crippen molar-refractivity contribution in [3.8, 4) is 0 Å². The predicted molar refractivity (Wildman–Crippen MR) is 40.6 cm³/mol. The Hall–Kier alpha value is 0.470. The van der Waals surface area contributed by atoms with Crippen molar-refractivity contribution in [2.75, 3.05) is 0 Å². The standard InChI is InChI=1S/C8H15O2.Na/c1-3-5-6-7(4-2)8(9)10;/h7H,2-6H2,1H3,(H,9,10);/q-1;+1. The average molecular weight is 166 g/mol. The smallest absolute Gasteiger partial charge is 0.481 e. The Morgan fingerprint density at radius 2 is 2.18 bits per heavy atom. The molecule has 0 amide bonds. The van der Waals surface area contributed by atoms with Crippen LogP contribution in [0.2, 0.25) is 0 Å². The molecule has 3 heteroatoms. The van der Waals surface area contributed by atoms with Crippen LogP contribution in [-0.4, -0.2) is 11.1 Å². The van der Waals surface area contributed by atoms with E-state index in [9.17, 15) is 4.79 Å². The van der Waals surface area contributed by atoms with Crippen molar-refractivity contribution in [2.24, 2.45) is 5.92 Å². The van der Waals surface area contributed by atoms with Crippen LogP contribution >= 0.6 is 0 Å². The maximum absolute atomic E-state index is 10.4. The summed E-state index contributed by atoms with van der Waals surface area (Å²) < 4.78 is 0. The van der Waals surface area contributed by atoms with Crippen LogP contribution in [0.25, 0.3) is 0 Å². The monoisotopic (exact) mass is 166 g/mol. The minimum Gasteiger partial charge on any atom is -0.481 e. The molecule has 2 nitrogen and oxygen atoms in total. The van der Waals surface area contributed by atoms with Gasteiger partial charge in [0.1, 0.15) is 0 Å².